The maximum absolute atomic E-state index is 10.3. The van der Waals surface area contributed by atoms with Crippen LogP contribution in [0.2, 0.25) is 0 Å². The molecular formula is C11H12N2O2. The Bertz CT molecular complexity index is 443. The molecule has 0 aromatic carbocycles. The number of rotatable bonds is 4. The first-order valence-corrected chi connectivity index (χ1v) is 4.70. The standard InChI is InChI=1S/C11H12N2O2/c1-9-7-15-11(10(9)6-12-8-14)13-4-2-3-5-13/h2-5,7-8H,6H2,1H3,(H,12,14). The van der Waals surface area contributed by atoms with E-state index in [-0.39, 0.29) is 0 Å². The van der Waals surface area contributed by atoms with Crippen LogP contribution in [0.1, 0.15) is 11.1 Å². The fourth-order valence-corrected chi connectivity index (χ4v) is 1.50. The van der Waals surface area contributed by atoms with Gasteiger partial charge in [0.15, 0.2) is 0 Å². The van der Waals surface area contributed by atoms with Crippen molar-refractivity contribution in [1.29, 1.82) is 0 Å². The van der Waals surface area contributed by atoms with Crippen molar-refractivity contribution in [3.8, 4) is 5.88 Å². The van der Waals surface area contributed by atoms with Crippen LogP contribution in [-0.4, -0.2) is 11.0 Å². The molecule has 1 N–H and O–H groups in total. The number of carbonyl (C=O) groups excluding carboxylic acids is 1. The van der Waals surface area contributed by atoms with Crippen LogP contribution in [0.25, 0.3) is 5.88 Å². The number of aromatic nitrogens is 1. The van der Waals surface area contributed by atoms with Crippen molar-refractivity contribution in [2.45, 2.75) is 13.5 Å². The van der Waals surface area contributed by atoms with Gasteiger partial charge in [-0.2, -0.15) is 0 Å². The molecule has 0 aliphatic heterocycles. The average molecular weight is 204 g/mol. The molecule has 2 rings (SSSR count). The van der Waals surface area contributed by atoms with Gasteiger partial charge in [-0.05, 0) is 24.6 Å². The van der Waals surface area contributed by atoms with Crippen LogP contribution < -0.4 is 5.32 Å². The number of amides is 1. The number of aryl methyl sites for hydroxylation is 1. The predicted molar refractivity (Wildman–Crippen MR) is 55.7 cm³/mol. The molecule has 0 saturated heterocycles. The number of nitrogens with one attached hydrogen (secondary N) is 1. The highest BCUT2D eigenvalue weighted by Crippen LogP contribution is 2.20. The molecule has 0 saturated carbocycles. The fourth-order valence-electron chi connectivity index (χ4n) is 1.50. The molecule has 0 aliphatic carbocycles. The molecular weight excluding hydrogens is 192 g/mol. The normalized spacial score (nSPS) is 10.2. The summed E-state index contributed by atoms with van der Waals surface area (Å²) in [6.45, 7) is 2.44. The summed E-state index contributed by atoms with van der Waals surface area (Å²) in [5.41, 5.74) is 2.03. The Morgan fingerprint density at radius 2 is 2.20 bits per heavy atom. The number of furan rings is 1. The Morgan fingerprint density at radius 1 is 1.47 bits per heavy atom. The van der Waals surface area contributed by atoms with Gasteiger partial charge in [0.05, 0.1) is 6.26 Å². The highest BCUT2D eigenvalue weighted by molar-refractivity contribution is 5.48. The van der Waals surface area contributed by atoms with Crippen LogP contribution in [0.15, 0.2) is 35.2 Å². The topological polar surface area (TPSA) is 47.2 Å². The summed E-state index contributed by atoms with van der Waals surface area (Å²) in [4.78, 5) is 10.3. The van der Waals surface area contributed by atoms with E-state index in [0.717, 1.165) is 17.0 Å². The smallest absolute Gasteiger partial charge is 0.208 e. The average Bonchev–Trinajstić information content (AvgIpc) is 2.84. The zero-order valence-electron chi connectivity index (χ0n) is 8.43. The van der Waals surface area contributed by atoms with Gasteiger partial charge >= 0.3 is 0 Å². The van der Waals surface area contributed by atoms with Crippen molar-refractivity contribution in [3.05, 3.63) is 41.9 Å². The molecule has 1 amide bonds. The summed E-state index contributed by atoms with van der Waals surface area (Å²) < 4.78 is 7.33. The van der Waals surface area contributed by atoms with Gasteiger partial charge in [0.2, 0.25) is 12.3 Å². The van der Waals surface area contributed by atoms with Gasteiger partial charge in [0.25, 0.3) is 0 Å². The molecule has 0 fully saturated rings. The maximum atomic E-state index is 10.3. The van der Waals surface area contributed by atoms with E-state index in [4.69, 9.17) is 4.42 Å². The van der Waals surface area contributed by atoms with Crippen LogP contribution in [0.3, 0.4) is 0 Å². The monoisotopic (exact) mass is 204 g/mol. The number of hydrogen-bond donors (Lipinski definition) is 1. The zero-order valence-corrected chi connectivity index (χ0v) is 8.43. The van der Waals surface area contributed by atoms with E-state index in [1.54, 1.807) is 6.26 Å². The number of carbonyl (C=O) groups is 1. The van der Waals surface area contributed by atoms with Crippen molar-refractivity contribution in [1.82, 2.24) is 9.88 Å². The molecule has 2 aromatic rings. The molecule has 0 bridgehead atoms. The van der Waals surface area contributed by atoms with E-state index in [1.807, 2.05) is 36.0 Å². The molecule has 0 spiro atoms. The minimum Gasteiger partial charge on any atom is -0.447 e. The number of nitrogens with zero attached hydrogens (tertiary/aromatic N) is 1. The van der Waals surface area contributed by atoms with E-state index < -0.39 is 0 Å². The van der Waals surface area contributed by atoms with E-state index >= 15 is 0 Å². The lowest BCUT2D eigenvalue weighted by atomic mass is 10.2. The van der Waals surface area contributed by atoms with Crippen LogP contribution in [-0.2, 0) is 11.3 Å². The Kier molecular flexibility index (Phi) is 2.58. The fraction of sp³-hybridized carbons (Fsp3) is 0.182. The lowest BCUT2D eigenvalue weighted by Crippen LogP contribution is -2.11. The molecule has 0 atom stereocenters. The van der Waals surface area contributed by atoms with Crippen molar-refractivity contribution < 1.29 is 9.21 Å². The SMILES string of the molecule is Cc1coc(-n2cccc2)c1CNC=O. The minimum absolute atomic E-state index is 0.485. The van der Waals surface area contributed by atoms with Gasteiger partial charge in [-0.15, -0.1) is 0 Å². The third kappa shape index (κ3) is 1.79. The van der Waals surface area contributed by atoms with Gasteiger partial charge in [0, 0.05) is 24.5 Å². The Balaban J connectivity index is 2.35. The molecule has 15 heavy (non-hydrogen) atoms. The van der Waals surface area contributed by atoms with Gasteiger partial charge in [0.1, 0.15) is 0 Å². The molecule has 4 nitrogen and oxygen atoms in total. The predicted octanol–water partition coefficient (Wildman–Crippen LogP) is 1.62. The van der Waals surface area contributed by atoms with Crippen molar-refractivity contribution in [2.24, 2.45) is 0 Å². The van der Waals surface area contributed by atoms with Crippen molar-refractivity contribution in [2.75, 3.05) is 0 Å². The zero-order chi connectivity index (χ0) is 10.7. The third-order valence-corrected chi connectivity index (χ3v) is 2.28. The third-order valence-electron chi connectivity index (χ3n) is 2.28. The van der Waals surface area contributed by atoms with Gasteiger partial charge in [-0.3, -0.25) is 9.36 Å². The molecule has 0 unspecified atom stereocenters. The summed E-state index contributed by atoms with van der Waals surface area (Å²) in [6.07, 6.45) is 6.19. The van der Waals surface area contributed by atoms with E-state index in [1.165, 1.54) is 0 Å². The van der Waals surface area contributed by atoms with Crippen LogP contribution in [0, 0.1) is 6.92 Å². The molecule has 78 valence electrons. The van der Waals surface area contributed by atoms with Crippen molar-refractivity contribution in [3.63, 3.8) is 0 Å². The quantitative estimate of drug-likeness (QED) is 0.769. The molecule has 0 aliphatic rings. The summed E-state index contributed by atoms with van der Waals surface area (Å²) in [7, 11) is 0. The van der Waals surface area contributed by atoms with Gasteiger partial charge in [-0.1, -0.05) is 0 Å². The first-order valence-electron chi connectivity index (χ1n) is 4.70. The number of hydrogen-bond acceptors (Lipinski definition) is 2. The molecule has 0 radical (unpaired) electrons. The summed E-state index contributed by atoms with van der Waals surface area (Å²) >= 11 is 0. The van der Waals surface area contributed by atoms with E-state index in [2.05, 4.69) is 5.32 Å². The van der Waals surface area contributed by atoms with Gasteiger partial charge < -0.3 is 9.73 Å². The molecule has 2 heterocycles. The first-order chi connectivity index (χ1) is 7.33. The van der Waals surface area contributed by atoms with Crippen LogP contribution in [0.5, 0.6) is 0 Å². The second-order valence-corrected chi connectivity index (χ2v) is 3.29. The lowest BCUT2D eigenvalue weighted by Gasteiger charge is -2.03. The Morgan fingerprint density at radius 3 is 2.87 bits per heavy atom. The minimum atomic E-state index is 0.485. The second kappa shape index (κ2) is 4.04. The van der Waals surface area contributed by atoms with Gasteiger partial charge in [-0.25, -0.2) is 0 Å². The first kappa shape index (κ1) is 9.58. The van der Waals surface area contributed by atoms with Crippen molar-refractivity contribution >= 4 is 6.41 Å². The van der Waals surface area contributed by atoms with E-state index in [0.29, 0.717) is 13.0 Å². The van der Waals surface area contributed by atoms with E-state index in [9.17, 15) is 4.79 Å². The van der Waals surface area contributed by atoms with Crippen LogP contribution in [0.4, 0.5) is 0 Å². The highest BCUT2D eigenvalue weighted by Gasteiger charge is 2.11. The molecule has 2 aromatic heterocycles. The Hall–Kier alpha value is -1.97. The van der Waals surface area contributed by atoms with Crippen LogP contribution >= 0.6 is 0 Å². The lowest BCUT2D eigenvalue weighted by molar-refractivity contribution is -0.109. The summed E-state index contributed by atoms with van der Waals surface area (Å²) in [5.74, 6) is 0.756. The second-order valence-electron chi connectivity index (χ2n) is 3.29. The highest BCUT2D eigenvalue weighted by atomic mass is 16.3. The molecule has 4 heteroatoms. The largest absolute Gasteiger partial charge is 0.447 e. The maximum Gasteiger partial charge on any atom is 0.208 e. The Labute approximate surface area is 87.5 Å². The summed E-state index contributed by atoms with van der Waals surface area (Å²) in [6, 6.07) is 3.85. The summed E-state index contributed by atoms with van der Waals surface area (Å²) in [5, 5.41) is 2.64.